The van der Waals surface area contributed by atoms with Crippen LogP contribution >= 0.6 is 0 Å². The number of nitrogens with one attached hydrogen (secondary N) is 1. The molecule has 1 heterocycles. The van der Waals surface area contributed by atoms with E-state index in [4.69, 9.17) is 0 Å². The van der Waals surface area contributed by atoms with Crippen LogP contribution in [0.25, 0.3) is 0 Å². The first kappa shape index (κ1) is 13.6. The van der Waals surface area contributed by atoms with Crippen LogP contribution < -0.4 is 5.32 Å². The lowest BCUT2D eigenvalue weighted by Crippen LogP contribution is -2.26. The second-order valence-electron chi connectivity index (χ2n) is 6.38. The number of fused-ring (bicyclic) bond motifs is 1. The van der Waals surface area contributed by atoms with Crippen molar-refractivity contribution in [1.82, 2.24) is 15.1 Å². The average Bonchev–Trinajstić information content (AvgIpc) is 2.63. The van der Waals surface area contributed by atoms with E-state index >= 15 is 0 Å². The lowest BCUT2D eigenvalue weighted by atomic mass is 10.0. The zero-order chi connectivity index (χ0) is 13.2. The third kappa shape index (κ3) is 2.77. The smallest absolute Gasteiger partial charge is 0.0546 e. The Morgan fingerprint density at radius 1 is 1.39 bits per heavy atom. The average molecular weight is 249 g/mol. The Hall–Kier alpha value is -0.830. The molecular formula is C15H27N3. The molecule has 1 N–H and O–H groups in total. The summed E-state index contributed by atoms with van der Waals surface area (Å²) in [5.74, 6) is 0. The van der Waals surface area contributed by atoms with Crippen molar-refractivity contribution in [3.05, 3.63) is 17.5 Å². The Kier molecular flexibility index (Phi) is 4.10. The molecule has 0 fully saturated rings. The van der Waals surface area contributed by atoms with Crippen molar-refractivity contribution in [3.63, 3.8) is 0 Å². The minimum Gasteiger partial charge on any atom is -0.310 e. The van der Waals surface area contributed by atoms with E-state index in [1.54, 1.807) is 0 Å². The van der Waals surface area contributed by atoms with E-state index in [1.807, 2.05) is 0 Å². The Balaban J connectivity index is 2.29. The molecule has 0 bridgehead atoms. The lowest BCUT2D eigenvalue weighted by molar-refractivity contribution is 0.342. The van der Waals surface area contributed by atoms with Crippen molar-refractivity contribution >= 4 is 0 Å². The molecular weight excluding hydrogens is 222 g/mol. The van der Waals surface area contributed by atoms with E-state index in [2.05, 4.69) is 49.0 Å². The van der Waals surface area contributed by atoms with Gasteiger partial charge in [0.2, 0.25) is 0 Å². The molecule has 18 heavy (non-hydrogen) atoms. The van der Waals surface area contributed by atoms with Crippen molar-refractivity contribution in [2.45, 2.75) is 71.4 Å². The van der Waals surface area contributed by atoms with Gasteiger partial charge in [-0.05, 0) is 53.0 Å². The van der Waals surface area contributed by atoms with Crippen LogP contribution in [0.1, 0.15) is 70.7 Å². The highest BCUT2D eigenvalue weighted by molar-refractivity contribution is 5.24. The Morgan fingerprint density at radius 2 is 2.17 bits per heavy atom. The molecule has 0 aliphatic heterocycles. The molecule has 0 saturated heterocycles. The predicted molar refractivity (Wildman–Crippen MR) is 75.8 cm³/mol. The molecule has 1 aliphatic carbocycles. The highest BCUT2D eigenvalue weighted by Crippen LogP contribution is 2.31. The highest BCUT2D eigenvalue weighted by Gasteiger charge is 2.26. The third-order valence-electron chi connectivity index (χ3n) is 3.71. The first-order chi connectivity index (χ1) is 8.54. The summed E-state index contributed by atoms with van der Waals surface area (Å²) >= 11 is 0. The zero-order valence-electron chi connectivity index (χ0n) is 12.3. The maximum absolute atomic E-state index is 4.65. The van der Waals surface area contributed by atoms with Crippen LogP contribution in [0.2, 0.25) is 0 Å². The SMILES string of the molecule is CCCNC1CCCCc2c1cnn2C(C)(C)C. The number of rotatable bonds is 3. The number of hydrogen-bond acceptors (Lipinski definition) is 2. The summed E-state index contributed by atoms with van der Waals surface area (Å²) in [6, 6.07) is 0.513. The fourth-order valence-electron chi connectivity index (χ4n) is 2.83. The van der Waals surface area contributed by atoms with Crippen LogP contribution in [0.4, 0.5) is 0 Å². The molecule has 1 aliphatic rings. The summed E-state index contributed by atoms with van der Waals surface area (Å²) in [7, 11) is 0. The number of aromatic nitrogens is 2. The van der Waals surface area contributed by atoms with Gasteiger partial charge in [-0.1, -0.05) is 13.3 Å². The molecule has 0 amide bonds. The summed E-state index contributed by atoms with van der Waals surface area (Å²) in [4.78, 5) is 0. The van der Waals surface area contributed by atoms with Gasteiger partial charge in [-0.3, -0.25) is 4.68 Å². The topological polar surface area (TPSA) is 29.9 Å². The lowest BCUT2D eigenvalue weighted by Gasteiger charge is -2.23. The van der Waals surface area contributed by atoms with Gasteiger partial charge in [0.25, 0.3) is 0 Å². The normalized spacial score (nSPS) is 20.6. The maximum atomic E-state index is 4.65. The van der Waals surface area contributed by atoms with Gasteiger partial charge in [-0.25, -0.2) is 0 Å². The summed E-state index contributed by atoms with van der Waals surface area (Å²) in [5.41, 5.74) is 2.98. The molecule has 0 aromatic carbocycles. The fraction of sp³-hybridized carbons (Fsp3) is 0.800. The second kappa shape index (κ2) is 5.43. The van der Waals surface area contributed by atoms with E-state index in [9.17, 15) is 0 Å². The number of hydrogen-bond donors (Lipinski definition) is 1. The van der Waals surface area contributed by atoms with Gasteiger partial charge in [0.05, 0.1) is 11.7 Å². The molecule has 102 valence electrons. The standard InChI is InChI=1S/C15H27N3/c1-5-10-16-13-8-6-7-9-14-12(13)11-17-18(14)15(2,3)4/h11,13,16H,5-10H2,1-4H3. The monoisotopic (exact) mass is 249 g/mol. The summed E-state index contributed by atoms with van der Waals surface area (Å²) in [6.07, 6.45) is 8.33. The summed E-state index contributed by atoms with van der Waals surface area (Å²) in [6.45, 7) is 10.0. The van der Waals surface area contributed by atoms with E-state index in [0.29, 0.717) is 6.04 Å². The Bertz CT molecular complexity index is 387. The third-order valence-corrected chi connectivity index (χ3v) is 3.71. The van der Waals surface area contributed by atoms with Crippen LogP contribution in [-0.2, 0) is 12.0 Å². The van der Waals surface area contributed by atoms with Crippen molar-refractivity contribution in [2.24, 2.45) is 0 Å². The van der Waals surface area contributed by atoms with E-state index in [1.165, 1.54) is 43.4 Å². The van der Waals surface area contributed by atoms with E-state index in [0.717, 1.165) is 6.54 Å². The van der Waals surface area contributed by atoms with Gasteiger partial charge >= 0.3 is 0 Å². The molecule has 1 atom stereocenters. The van der Waals surface area contributed by atoms with Crippen molar-refractivity contribution in [2.75, 3.05) is 6.54 Å². The molecule has 3 heteroatoms. The molecule has 0 spiro atoms. The van der Waals surface area contributed by atoms with Crippen LogP contribution in [0.15, 0.2) is 6.20 Å². The Labute approximate surface area is 111 Å². The molecule has 3 nitrogen and oxygen atoms in total. The van der Waals surface area contributed by atoms with Crippen molar-refractivity contribution in [1.29, 1.82) is 0 Å². The minimum absolute atomic E-state index is 0.0905. The molecule has 1 aromatic heterocycles. The predicted octanol–water partition coefficient (Wildman–Crippen LogP) is 3.41. The van der Waals surface area contributed by atoms with Gasteiger partial charge in [0, 0.05) is 17.3 Å². The highest BCUT2D eigenvalue weighted by atomic mass is 15.3. The van der Waals surface area contributed by atoms with Gasteiger partial charge in [-0.15, -0.1) is 0 Å². The van der Waals surface area contributed by atoms with Gasteiger partial charge < -0.3 is 5.32 Å². The first-order valence-electron chi connectivity index (χ1n) is 7.34. The number of nitrogens with zero attached hydrogens (tertiary/aromatic N) is 2. The van der Waals surface area contributed by atoms with Gasteiger partial charge in [0.1, 0.15) is 0 Å². The first-order valence-corrected chi connectivity index (χ1v) is 7.34. The van der Waals surface area contributed by atoms with E-state index < -0.39 is 0 Å². The molecule has 2 rings (SSSR count). The minimum atomic E-state index is 0.0905. The second-order valence-corrected chi connectivity index (χ2v) is 6.38. The molecule has 1 aromatic rings. The van der Waals surface area contributed by atoms with E-state index in [-0.39, 0.29) is 5.54 Å². The van der Waals surface area contributed by atoms with Crippen LogP contribution in [0, 0.1) is 0 Å². The Morgan fingerprint density at radius 3 is 2.83 bits per heavy atom. The zero-order valence-corrected chi connectivity index (χ0v) is 12.3. The van der Waals surface area contributed by atoms with Crippen LogP contribution in [0.3, 0.4) is 0 Å². The maximum Gasteiger partial charge on any atom is 0.0546 e. The van der Waals surface area contributed by atoms with Gasteiger partial charge in [-0.2, -0.15) is 5.10 Å². The van der Waals surface area contributed by atoms with Gasteiger partial charge in [0.15, 0.2) is 0 Å². The van der Waals surface area contributed by atoms with Crippen LogP contribution in [0.5, 0.6) is 0 Å². The van der Waals surface area contributed by atoms with Crippen LogP contribution in [-0.4, -0.2) is 16.3 Å². The van der Waals surface area contributed by atoms with Crippen molar-refractivity contribution in [3.8, 4) is 0 Å². The molecule has 1 unspecified atom stereocenters. The van der Waals surface area contributed by atoms with Crippen molar-refractivity contribution < 1.29 is 0 Å². The fourth-order valence-corrected chi connectivity index (χ4v) is 2.83. The quantitative estimate of drug-likeness (QED) is 0.832. The molecule has 0 saturated carbocycles. The summed E-state index contributed by atoms with van der Waals surface area (Å²) in [5, 5.41) is 8.32. The molecule has 0 radical (unpaired) electrons. The summed E-state index contributed by atoms with van der Waals surface area (Å²) < 4.78 is 2.23. The largest absolute Gasteiger partial charge is 0.310 e.